The number of rotatable bonds is 10. The van der Waals surface area contributed by atoms with E-state index >= 15 is 0 Å². The molecule has 0 aromatic rings. The number of unbranched alkanes of at least 4 members (excludes halogenated alkanes) is 1. The highest BCUT2D eigenvalue weighted by Crippen LogP contribution is 2.57. The Labute approximate surface area is 136 Å². The molecule has 0 radical (unpaired) electrons. The molecule has 0 heterocycles. The average molecular weight is 399 g/mol. The van der Waals surface area contributed by atoms with Crippen LogP contribution in [0.15, 0.2) is 0 Å². The van der Waals surface area contributed by atoms with Gasteiger partial charge in [0, 0.05) is 3.92 Å². The molecule has 1 aliphatic carbocycles. The fraction of sp³-hybridized carbons (Fsp3) is 1.00. The van der Waals surface area contributed by atoms with Gasteiger partial charge in [-0.1, -0.05) is 49.3 Å². The first-order valence-corrected chi connectivity index (χ1v) is 11.8. The third-order valence-electron chi connectivity index (χ3n) is 4.80. The van der Waals surface area contributed by atoms with Gasteiger partial charge >= 0.3 is 0 Å². The van der Waals surface area contributed by atoms with Gasteiger partial charge in [0.25, 0.3) is 0 Å². The van der Waals surface area contributed by atoms with E-state index in [1.54, 1.807) is 0 Å². The molecule has 0 spiro atoms. The van der Waals surface area contributed by atoms with E-state index in [9.17, 15) is 0 Å². The summed E-state index contributed by atoms with van der Waals surface area (Å²) < 4.78 is 0.891. The molecule has 0 aromatic heterocycles. The molecule has 19 heavy (non-hydrogen) atoms. The van der Waals surface area contributed by atoms with Gasteiger partial charge in [-0.2, -0.15) is 0 Å². The molecule has 0 aromatic carbocycles. The van der Waals surface area contributed by atoms with Gasteiger partial charge < -0.3 is 4.90 Å². The fourth-order valence-electron chi connectivity index (χ4n) is 2.83. The molecule has 1 fully saturated rings. The van der Waals surface area contributed by atoms with Crippen LogP contribution < -0.4 is 0 Å². The van der Waals surface area contributed by atoms with E-state index in [2.05, 4.69) is 54.6 Å². The summed E-state index contributed by atoms with van der Waals surface area (Å²) in [4.78, 5) is 2.52. The van der Waals surface area contributed by atoms with Crippen molar-refractivity contribution in [2.75, 3.05) is 37.9 Å². The van der Waals surface area contributed by atoms with E-state index < -0.39 is 0 Å². The maximum Gasteiger partial charge on any atom is 0.0198 e. The Morgan fingerprint density at radius 2 is 1.95 bits per heavy atom. The van der Waals surface area contributed by atoms with E-state index in [-0.39, 0.29) is 10.0 Å². The second kappa shape index (κ2) is 9.14. The highest BCUT2D eigenvalue weighted by Gasteiger charge is 2.33. The summed E-state index contributed by atoms with van der Waals surface area (Å²) in [6.07, 6.45) is 11.2. The number of hydrogen-bond acceptors (Lipinski definition) is 1. The Morgan fingerprint density at radius 3 is 2.42 bits per heavy atom. The summed E-state index contributed by atoms with van der Waals surface area (Å²) in [7, 11) is 1.98. The highest BCUT2D eigenvalue weighted by molar-refractivity contribution is 14.1. The molecule has 116 valence electrons. The summed E-state index contributed by atoms with van der Waals surface area (Å²) >= 11 is 2.73. The average Bonchev–Trinajstić information content (AvgIpc) is 2.31. The van der Waals surface area contributed by atoms with Crippen LogP contribution >= 0.6 is 32.6 Å². The Balaban J connectivity index is 2.26. The quantitative estimate of drug-likeness (QED) is 0.372. The SMILES string of the molecule is CCCCN(C)CC[C@@H](I)CS(C)(CC)C1CCC1. The van der Waals surface area contributed by atoms with Crippen molar-refractivity contribution in [3.8, 4) is 0 Å². The zero-order valence-electron chi connectivity index (χ0n) is 13.5. The van der Waals surface area contributed by atoms with Crippen LogP contribution in [0.3, 0.4) is 0 Å². The van der Waals surface area contributed by atoms with Crippen molar-refractivity contribution in [1.29, 1.82) is 0 Å². The topological polar surface area (TPSA) is 3.24 Å². The van der Waals surface area contributed by atoms with Gasteiger partial charge in [-0.25, -0.2) is 10.0 Å². The second-order valence-corrected chi connectivity index (χ2v) is 12.4. The molecule has 0 N–H and O–H groups in total. The summed E-state index contributed by atoms with van der Waals surface area (Å²) in [6.45, 7) is 7.28. The highest BCUT2D eigenvalue weighted by atomic mass is 127. The van der Waals surface area contributed by atoms with Crippen LogP contribution in [0.1, 0.15) is 52.4 Å². The lowest BCUT2D eigenvalue weighted by atomic mass is 10.00. The second-order valence-electron chi connectivity index (χ2n) is 6.40. The Morgan fingerprint density at radius 1 is 1.26 bits per heavy atom. The van der Waals surface area contributed by atoms with Gasteiger partial charge in [-0.05, 0) is 68.8 Å². The Hall–Kier alpha value is 1.04. The van der Waals surface area contributed by atoms with E-state index in [0.717, 1.165) is 9.17 Å². The lowest BCUT2D eigenvalue weighted by Crippen LogP contribution is -2.32. The minimum atomic E-state index is -0.309. The van der Waals surface area contributed by atoms with Crippen LogP contribution in [0.25, 0.3) is 0 Å². The Bertz CT molecular complexity index is 245. The molecule has 3 heteroatoms. The van der Waals surface area contributed by atoms with Crippen molar-refractivity contribution >= 4 is 32.6 Å². The van der Waals surface area contributed by atoms with Gasteiger partial charge in [0.05, 0.1) is 0 Å². The molecule has 1 unspecified atom stereocenters. The van der Waals surface area contributed by atoms with Gasteiger partial charge in [-0.15, -0.1) is 0 Å². The first-order chi connectivity index (χ1) is 9.01. The molecule has 0 aliphatic heterocycles. The molecule has 2 atom stereocenters. The Kier molecular flexibility index (Phi) is 8.70. The molecule has 1 nitrogen and oxygen atoms in total. The van der Waals surface area contributed by atoms with E-state index in [0.29, 0.717) is 0 Å². The van der Waals surface area contributed by atoms with Crippen LogP contribution in [0.4, 0.5) is 0 Å². The third kappa shape index (κ3) is 6.13. The molecule has 0 bridgehead atoms. The van der Waals surface area contributed by atoms with Gasteiger partial charge in [0.2, 0.25) is 0 Å². The molecular weight excluding hydrogens is 365 g/mol. The first-order valence-electron chi connectivity index (χ1n) is 8.07. The predicted molar refractivity (Wildman–Crippen MR) is 101 cm³/mol. The van der Waals surface area contributed by atoms with E-state index in [4.69, 9.17) is 0 Å². The van der Waals surface area contributed by atoms with Crippen molar-refractivity contribution < 1.29 is 0 Å². The van der Waals surface area contributed by atoms with Gasteiger partial charge in [-0.3, -0.25) is 0 Å². The van der Waals surface area contributed by atoms with Crippen LogP contribution in [0.2, 0.25) is 0 Å². The summed E-state index contributed by atoms with van der Waals surface area (Å²) in [5.74, 6) is 2.96. The summed E-state index contributed by atoms with van der Waals surface area (Å²) in [5, 5.41) is 1.10. The monoisotopic (exact) mass is 399 g/mol. The van der Waals surface area contributed by atoms with Crippen LogP contribution in [-0.2, 0) is 0 Å². The minimum absolute atomic E-state index is 0.309. The predicted octanol–water partition coefficient (Wildman–Crippen LogP) is 4.92. The zero-order chi connectivity index (χ0) is 14.3. The lowest BCUT2D eigenvalue weighted by Gasteiger charge is -2.49. The first kappa shape index (κ1) is 18.1. The molecule has 0 amide bonds. The number of halogens is 1. The maximum absolute atomic E-state index is 2.73. The van der Waals surface area contributed by atoms with Crippen LogP contribution in [0.5, 0.6) is 0 Å². The van der Waals surface area contributed by atoms with Crippen molar-refractivity contribution in [2.45, 2.75) is 61.5 Å². The van der Waals surface area contributed by atoms with E-state index in [1.165, 1.54) is 63.1 Å². The standard InChI is InChI=1S/C16H34INS/c1-5-7-12-18(3)13-11-15(17)14-19(4,6-2)16-9-8-10-16/h15-16H,5-14H2,1-4H3/t15-/m1/s1. The number of hydrogen-bond donors (Lipinski definition) is 0. The maximum atomic E-state index is 2.73. The molecule has 1 aliphatic rings. The molecule has 1 saturated carbocycles. The molecule has 0 saturated heterocycles. The van der Waals surface area contributed by atoms with Crippen molar-refractivity contribution in [3.63, 3.8) is 0 Å². The van der Waals surface area contributed by atoms with Crippen molar-refractivity contribution in [1.82, 2.24) is 4.90 Å². The minimum Gasteiger partial charge on any atom is -0.306 e. The number of alkyl halides is 1. The lowest BCUT2D eigenvalue weighted by molar-refractivity contribution is 0.325. The van der Waals surface area contributed by atoms with Crippen LogP contribution in [-0.4, -0.2) is 52.0 Å². The largest absolute Gasteiger partial charge is 0.306 e. The molecule has 1 rings (SSSR count). The fourth-order valence-corrected chi connectivity index (χ4v) is 9.01. The third-order valence-corrected chi connectivity index (χ3v) is 11.0. The molecular formula is C16H34INS. The van der Waals surface area contributed by atoms with Crippen LogP contribution in [0, 0.1) is 0 Å². The van der Waals surface area contributed by atoms with Crippen molar-refractivity contribution in [2.24, 2.45) is 0 Å². The van der Waals surface area contributed by atoms with E-state index in [1.807, 2.05) is 0 Å². The van der Waals surface area contributed by atoms with Crippen molar-refractivity contribution in [3.05, 3.63) is 0 Å². The smallest absolute Gasteiger partial charge is 0.0198 e. The normalized spacial score (nSPS) is 22.8. The van der Waals surface area contributed by atoms with Gasteiger partial charge in [0.15, 0.2) is 0 Å². The zero-order valence-corrected chi connectivity index (χ0v) is 16.4. The summed E-state index contributed by atoms with van der Waals surface area (Å²) in [5.41, 5.74) is 0. The summed E-state index contributed by atoms with van der Waals surface area (Å²) in [6, 6.07) is 0. The van der Waals surface area contributed by atoms with Gasteiger partial charge in [0.1, 0.15) is 0 Å². The number of nitrogens with zero attached hydrogens (tertiary/aromatic N) is 1.